The fourth-order valence-electron chi connectivity index (χ4n) is 1.12. The van der Waals surface area contributed by atoms with Crippen LogP contribution in [0.2, 0.25) is 0 Å². The molecule has 0 spiro atoms. The van der Waals surface area contributed by atoms with Gasteiger partial charge in [0.2, 0.25) is 0 Å². The van der Waals surface area contributed by atoms with Crippen LogP contribution in [0.3, 0.4) is 0 Å². The standard InChI is InChI=1S/C12H13FO3/c1-2-3-4-11(14)16-12(15)9-5-7-10(13)8-6-9/h5-8H,2-4H2,1H3. The van der Waals surface area contributed by atoms with Gasteiger partial charge >= 0.3 is 11.9 Å². The zero-order chi connectivity index (χ0) is 12.0. The first-order chi connectivity index (χ1) is 7.63. The molecule has 4 heteroatoms. The van der Waals surface area contributed by atoms with Gasteiger partial charge in [-0.1, -0.05) is 13.3 Å². The van der Waals surface area contributed by atoms with Gasteiger partial charge in [0.25, 0.3) is 0 Å². The maximum atomic E-state index is 12.6. The van der Waals surface area contributed by atoms with Crippen molar-refractivity contribution in [2.45, 2.75) is 26.2 Å². The Kier molecular flexibility index (Phi) is 4.64. The smallest absolute Gasteiger partial charge is 0.345 e. The number of ether oxygens (including phenoxy) is 1. The van der Waals surface area contributed by atoms with Crippen molar-refractivity contribution in [1.29, 1.82) is 0 Å². The molecule has 0 unspecified atom stereocenters. The van der Waals surface area contributed by atoms with Crippen molar-refractivity contribution in [3.05, 3.63) is 35.6 Å². The summed E-state index contributed by atoms with van der Waals surface area (Å²) < 4.78 is 17.1. The number of rotatable bonds is 4. The number of unbranched alkanes of at least 4 members (excludes halogenated alkanes) is 1. The molecule has 3 nitrogen and oxygen atoms in total. The first-order valence-electron chi connectivity index (χ1n) is 5.14. The van der Waals surface area contributed by atoms with Gasteiger partial charge in [0, 0.05) is 6.42 Å². The molecule has 1 aromatic carbocycles. The fourth-order valence-corrected chi connectivity index (χ4v) is 1.12. The highest BCUT2D eigenvalue weighted by molar-refractivity contribution is 5.96. The van der Waals surface area contributed by atoms with Crippen LogP contribution < -0.4 is 0 Å². The Morgan fingerprint density at radius 2 is 1.88 bits per heavy atom. The number of halogens is 1. The zero-order valence-electron chi connectivity index (χ0n) is 9.03. The Hall–Kier alpha value is -1.71. The molecule has 0 saturated carbocycles. The van der Waals surface area contributed by atoms with Crippen LogP contribution in [-0.2, 0) is 9.53 Å². The molecule has 0 aliphatic heterocycles. The highest BCUT2D eigenvalue weighted by Gasteiger charge is 2.12. The van der Waals surface area contributed by atoms with Crippen molar-refractivity contribution in [3.8, 4) is 0 Å². The van der Waals surface area contributed by atoms with E-state index in [1.54, 1.807) is 0 Å². The molecule has 1 aromatic rings. The van der Waals surface area contributed by atoms with Gasteiger partial charge in [-0.3, -0.25) is 4.79 Å². The van der Waals surface area contributed by atoms with Gasteiger partial charge in [-0.2, -0.15) is 0 Å². The molecule has 1 rings (SSSR count). The van der Waals surface area contributed by atoms with Crippen molar-refractivity contribution in [2.24, 2.45) is 0 Å². The molecule has 0 saturated heterocycles. The number of hydrogen-bond acceptors (Lipinski definition) is 3. The molecule has 0 fully saturated rings. The summed E-state index contributed by atoms with van der Waals surface area (Å²) in [6, 6.07) is 4.86. The number of hydrogen-bond donors (Lipinski definition) is 0. The number of esters is 2. The molecule has 0 radical (unpaired) electrons. The van der Waals surface area contributed by atoms with Crippen LogP contribution in [0.15, 0.2) is 24.3 Å². The molecule has 0 aliphatic carbocycles. The lowest BCUT2D eigenvalue weighted by Gasteiger charge is -2.02. The summed E-state index contributed by atoms with van der Waals surface area (Å²) in [4.78, 5) is 22.5. The normalized spacial score (nSPS) is 9.88. The molecule has 0 heterocycles. The third kappa shape index (κ3) is 3.81. The number of carbonyl (C=O) groups excluding carboxylic acids is 2. The van der Waals surface area contributed by atoms with Crippen molar-refractivity contribution in [2.75, 3.05) is 0 Å². The third-order valence-corrected chi connectivity index (χ3v) is 2.02. The third-order valence-electron chi connectivity index (χ3n) is 2.02. The van der Waals surface area contributed by atoms with Gasteiger partial charge in [0.05, 0.1) is 5.56 Å². The molecule has 0 aliphatic rings. The SMILES string of the molecule is CCCCC(=O)OC(=O)c1ccc(F)cc1. The van der Waals surface area contributed by atoms with Crippen molar-refractivity contribution in [3.63, 3.8) is 0 Å². The van der Waals surface area contributed by atoms with Crippen LogP contribution in [0.25, 0.3) is 0 Å². The van der Waals surface area contributed by atoms with Crippen LogP contribution in [-0.4, -0.2) is 11.9 Å². The Labute approximate surface area is 93.2 Å². The minimum absolute atomic E-state index is 0.172. The molecule has 0 bridgehead atoms. The Bertz CT molecular complexity index is 370. The van der Waals surface area contributed by atoms with Crippen LogP contribution in [0.4, 0.5) is 4.39 Å². The Balaban J connectivity index is 2.52. The van der Waals surface area contributed by atoms with Crippen LogP contribution in [0.5, 0.6) is 0 Å². The predicted octanol–water partition coefficient (Wildman–Crippen LogP) is 2.70. The summed E-state index contributed by atoms with van der Waals surface area (Å²) in [7, 11) is 0. The molecule has 0 N–H and O–H groups in total. The molecular formula is C12H13FO3. The van der Waals surface area contributed by atoms with E-state index >= 15 is 0 Å². The van der Waals surface area contributed by atoms with Crippen LogP contribution in [0, 0.1) is 5.82 Å². The maximum absolute atomic E-state index is 12.6. The highest BCUT2D eigenvalue weighted by atomic mass is 19.1. The first kappa shape index (κ1) is 12.4. The molecule has 0 atom stereocenters. The first-order valence-corrected chi connectivity index (χ1v) is 5.14. The van der Waals surface area contributed by atoms with Gasteiger partial charge < -0.3 is 4.74 Å². The van der Waals surface area contributed by atoms with E-state index in [2.05, 4.69) is 4.74 Å². The topological polar surface area (TPSA) is 43.4 Å². The van der Waals surface area contributed by atoms with Gasteiger partial charge in [0.15, 0.2) is 0 Å². The second-order valence-electron chi connectivity index (χ2n) is 3.37. The van der Waals surface area contributed by atoms with Crippen LogP contribution in [0.1, 0.15) is 36.5 Å². The van der Waals surface area contributed by atoms with E-state index in [1.807, 2.05) is 6.92 Å². The lowest BCUT2D eigenvalue weighted by Crippen LogP contribution is -2.12. The summed E-state index contributed by atoms with van der Waals surface area (Å²) in [5.74, 6) is -1.72. The van der Waals surface area contributed by atoms with E-state index in [9.17, 15) is 14.0 Å². The van der Waals surface area contributed by atoms with E-state index in [0.717, 1.165) is 18.6 Å². The zero-order valence-corrected chi connectivity index (χ0v) is 9.03. The Morgan fingerprint density at radius 1 is 1.25 bits per heavy atom. The second-order valence-corrected chi connectivity index (χ2v) is 3.37. The molecule has 0 aromatic heterocycles. The second kappa shape index (κ2) is 6.00. The summed E-state index contributed by atoms with van der Waals surface area (Å²) in [5.41, 5.74) is 0.172. The predicted molar refractivity (Wildman–Crippen MR) is 56.3 cm³/mol. The molecule has 86 valence electrons. The quantitative estimate of drug-likeness (QED) is 0.583. The molecule has 16 heavy (non-hydrogen) atoms. The van der Waals surface area contributed by atoms with Crippen molar-refractivity contribution < 1.29 is 18.7 Å². The van der Waals surface area contributed by atoms with E-state index in [4.69, 9.17) is 0 Å². The van der Waals surface area contributed by atoms with Crippen LogP contribution >= 0.6 is 0 Å². The van der Waals surface area contributed by atoms with E-state index < -0.39 is 17.8 Å². The van der Waals surface area contributed by atoms with Gasteiger partial charge in [-0.15, -0.1) is 0 Å². The molecule has 0 amide bonds. The lowest BCUT2D eigenvalue weighted by molar-refractivity contribution is -0.138. The van der Waals surface area contributed by atoms with E-state index in [1.165, 1.54) is 12.1 Å². The molecular weight excluding hydrogens is 211 g/mol. The summed E-state index contributed by atoms with van der Waals surface area (Å²) in [6.07, 6.45) is 1.78. The monoisotopic (exact) mass is 224 g/mol. The summed E-state index contributed by atoms with van der Waals surface area (Å²) >= 11 is 0. The minimum Gasteiger partial charge on any atom is -0.389 e. The number of carbonyl (C=O) groups is 2. The summed E-state index contributed by atoms with van der Waals surface area (Å²) in [5, 5.41) is 0. The minimum atomic E-state index is -0.735. The van der Waals surface area contributed by atoms with Gasteiger partial charge in [-0.05, 0) is 30.7 Å². The largest absolute Gasteiger partial charge is 0.389 e. The average molecular weight is 224 g/mol. The Morgan fingerprint density at radius 3 is 2.44 bits per heavy atom. The van der Waals surface area contributed by atoms with E-state index in [0.29, 0.717) is 6.42 Å². The highest BCUT2D eigenvalue weighted by Crippen LogP contribution is 2.06. The average Bonchev–Trinajstić information content (AvgIpc) is 2.27. The lowest BCUT2D eigenvalue weighted by atomic mass is 10.2. The van der Waals surface area contributed by atoms with E-state index in [-0.39, 0.29) is 12.0 Å². The van der Waals surface area contributed by atoms with Gasteiger partial charge in [-0.25, -0.2) is 9.18 Å². The fraction of sp³-hybridized carbons (Fsp3) is 0.333. The number of benzene rings is 1. The van der Waals surface area contributed by atoms with Crippen molar-refractivity contribution >= 4 is 11.9 Å². The summed E-state index contributed by atoms with van der Waals surface area (Å²) in [6.45, 7) is 1.94. The van der Waals surface area contributed by atoms with Gasteiger partial charge in [0.1, 0.15) is 5.82 Å². The maximum Gasteiger partial charge on any atom is 0.345 e. The van der Waals surface area contributed by atoms with Crippen molar-refractivity contribution in [1.82, 2.24) is 0 Å².